The van der Waals surface area contributed by atoms with Gasteiger partial charge in [0.2, 0.25) is 5.91 Å². The molecule has 2 rings (SSSR count). The minimum atomic E-state index is -0.347. The molecule has 0 saturated carbocycles. The summed E-state index contributed by atoms with van der Waals surface area (Å²) in [4.78, 5) is 24.1. The van der Waals surface area contributed by atoms with Gasteiger partial charge in [-0.1, -0.05) is 42.0 Å². The lowest BCUT2D eigenvalue weighted by Gasteiger charge is -2.12. The van der Waals surface area contributed by atoms with Crippen LogP contribution in [-0.2, 0) is 9.59 Å². The Kier molecular flexibility index (Phi) is 5.53. The molecule has 0 aliphatic carbocycles. The fourth-order valence-electron chi connectivity index (χ4n) is 2.40. The molecule has 0 spiro atoms. The van der Waals surface area contributed by atoms with Crippen LogP contribution in [0.4, 0.5) is 5.69 Å². The van der Waals surface area contributed by atoms with E-state index in [-0.39, 0.29) is 17.5 Å². The summed E-state index contributed by atoms with van der Waals surface area (Å²) in [7, 11) is 0. The zero-order valence-electron chi connectivity index (χ0n) is 14.4. The number of hydrogen-bond donors (Lipinski definition) is 2. The van der Waals surface area contributed by atoms with E-state index in [1.54, 1.807) is 6.08 Å². The zero-order valence-corrected chi connectivity index (χ0v) is 14.4. The van der Waals surface area contributed by atoms with Crippen LogP contribution in [0.2, 0.25) is 0 Å². The number of hydrogen-bond acceptors (Lipinski definition) is 2. The van der Waals surface area contributed by atoms with Crippen molar-refractivity contribution in [3.05, 3.63) is 70.4 Å². The van der Waals surface area contributed by atoms with Crippen LogP contribution >= 0.6 is 0 Å². The maximum absolute atomic E-state index is 12.6. The molecule has 2 amide bonds. The fourth-order valence-corrected chi connectivity index (χ4v) is 2.40. The topological polar surface area (TPSA) is 58.2 Å². The second kappa shape index (κ2) is 7.59. The van der Waals surface area contributed by atoms with Crippen LogP contribution in [0.5, 0.6) is 0 Å². The Bertz CT molecular complexity index is 807. The number of anilines is 1. The molecular weight excluding hydrogens is 300 g/mol. The van der Waals surface area contributed by atoms with Gasteiger partial charge in [0.25, 0.3) is 5.91 Å². The van der Waals surface area contributed by atoms with Gasteiger partial charge in [-0.2, -0.15) is 0 Å². The predicted octanol–water partition coefficient (Wildman–Crippen LogP) is 3.73. The lowest BCUT2D eigenvalue weighted by molar-refractivity contribution is -0.120. The Morgan fingerprint density at radius 2 is 1.67 bits per heavy atom. The second-order valence-electron chi connectivity index (χ2n) is 5.87. The molecule has 0 radical (unpaired) electrons. The van der Waals surface area contributed by atoms with Gasteiger partial charge in [0.05, 0.1) is 0 Å². The van der Waals surface area contributed by atoms with Gasteiger partial charge in [-0.25, -0.2) is 0 Å². The highest BCUT2D eigenvalue weighted by molar-refractivity contribution is 6.08. The number of nitrogens with one attached hydrogen (secondary N) is 2. The smallest absolute Gasteiger partial charge is 0.272 e. The van der Waals surface area contributed by atoms with Crippen LogP contribution in [0.25, 0.3) is 6.08 Å². The average Bonchev–Trinajstić information content (AvgIpc) is 2.51. The van der Waals surface area contributed by atoms with Crippen LogP contribution in [-0.4, -0.2) is 11.8 Å². The molecule has 0 aromatic heterocycles. The largest absolute Gasteiger partial charge is 0.322 e. The van der Waals surface area contributed by atoms with E-state index in [1.807, 2.05) is 63.2 Å². The average molecular weight is 322 g/mol. The highest BCUT2D eigenvalue weighted by Gasteiger charge is 2.13. The molecule has 124 valence electrons. The molecular formula is C20H22N2O2. The second-order valence-corrected chi connectivity index (χ2v) is 5.87. The van der Waals surface area contributed by atoms with Crippen molar-refractivity contribution in [2.75, 3.05) is 5.32 Å². The van der Waals surface area contributed by atoms with E-state index in [9.17, 15) is 9.59 Å². The molecule has 0 heterocycles. The molecule has 0 saturated heterocycles. The Balaban J connectivity index is 2.32. The lowest BCUT2D eigenvalue weighted by atomic mass is 10.1. The van der Waals surface area contributed by atoms with Gasteiger partial charge in [0, 0.05) is 12.6 Å². The van der Waals surface area contributed by atoms with Crippen LogP contribution in [0.15, 0.2) is 48.2 Å². The molecule has 2 N–H and O–H groups in total. The standard InChI is InChI=1S/C20H22N2O2/c1-13-9-10-18(15(3)11-13)22-20(24)19(21-16(4)23)12-17-8-6-5-7-14(17)2/h5-12H,1-4H3,(H,21,23)(H,22,24). The van der Waals surface area contributed by atoms with Crippen LogP contribution in [0.1, 0.15) is 29.2 Å². The third-order valence-corrected chi connectivity index (χ3v) is 3.67. The molecule has 4 nitrogen and oxygen atoms in total. The molecule has 0 bridgehead atoms. The lowest BCUT2D eigenvalue weighted by Crippen LogP contribution is -2.29. The molecule has 2 aromatic rings. The Labute approximate surface area is 142 Å². The van der Waals surface area contributed by atoms with Gasteiger partial charge < -0.3 is 10.6 Å². The summed E-state index contributed by atoms with van der Waals surface area (Å²) < 4.78 is 0. The van der Waals surface area contributed by atoms with Gasteiger partial charge in [0.15, 0.2) is 0 Å². The van der Waals surface area contributed by atoms with Gasteiger partial charge in [-0.15, -0.1) is 0 Å². The summed E-state index contributed by atoms with van der Waals surface area (Å²) in [6.07, 6.45) is 1.69. The van der Waals surface area contributed by atoms with Crippen molar-refractivity contribution in [3.63, 3.8) is 0 Å². The molecule has 4 heteroatoms. The van der Waals surface area contributed by atoms with Crippen LogP contribution in [0, 0.1) is 20.8 Å². The van der Waals surface area contributed by atoms with Gasteiger partial charge in [-0.05, 0) is 49.6 Å². The van der Waals surface area contributed by atoms with E-state index in [0.717, 1.165) is 27.9 Å². The normalized spacial score (nSPS) is 11.1. The van der Waals surface area contributed by atoms with Gasteiger partial charge in [-0.3, -0.25) is 9.59 Å². The van der Waals surface area contributed by atoms with Crippen molar-refractivity contribution in [1.82, 2.24) is 5.32 Å². The van der Waals surface area contributed by atoms with E-state index in [4.69, 9.17) is 0 Å². The number of aryl methyl sites for hydroxylation is 3. The van der Waals surface area contributed by atoms with Crippen molar-refractivity contribution in [2.24, 2.45) is 0 Å². The summed E-state index contributed by atoms with van der Waals surface area (Å²) in [6.45, 7) is 7.28. The summed E-state index contributed by atoms with van der Waals surface area (Å²) in [5.41, 5.74) is 4.96. The summed E-state index contributed by atoms with van der Waals surface area (Å²) >= 11 is 0. The van der Waals surface area contributed by atoms with E-state index < -0.39 is 0 Å². The number of carbonyl (C=O) groups is 2. The maximum Gasteiger partial charge on any atom is 0.272 e. The third kappa shape index (κ3) is 4.56. The molecule has 0 aliphatic rings. The first kappa shape index (κ1) is 17.5. The number of rotatable bonds is 4. The number of amides is 2. The van der Waals surface area contributed by atoms with E-state index in [2.05, 4.69) is 10.6 Å². The first-order valence-corrected chi connectivity index (χ1v) is 7.80. The fraction of sp³-hybridized carbons (Fsp3) is 0.200. The first-order valence-electron chi connectivity index (χ1n) is 7.80. The van der Waals surface area contributed by atoms with Crippen LogP contribution < -0.4 is 10.6 Å². The van der Waals surface area contributed by atoms with Crippen molar-refractivity contribution in [3.8, 4) is 0 Å². The maximum atomic E-state index is 12.6. The van der Waals surface area contributed by atoms with Gasteiger partial charge in [0.1, 0.15) is 5.70 Å². The number of benzene rings is 2. The zero-order chi connectivity index (χ0) is 17.7. The van der Waals surface area contributed by atoms with Crippen molar-refractivity contribution in [1.29, 1.82) is 0 Å². The molecule has 0 aliphatic heterocycles. The Hall–Kier alpha value is -2.88. The summed E-state index contributed by atoms with van der Waals surface area (Å²) in [5.74, 6) is -0.633. The van der Waals surface area contributed by atoms with Gasteiger partial charge >= 0.3 is 0 Å². The van der Waals surface area contributed by atoms with Crippen molar-refractivity contribution < 1.29 is 9.59 Å². The van der Waals surface area contributed by atoms with Crippen LogP contribution in [0.3, 0.4) is 0 Å². The highest BCUT2D eigenvalue weighted by Crippen LogP contribution is 2.18. The van der Waals surface area contributed by atoms with Crippen molar-refractivity contribution in [2.45, 2.75) is 27.7 Å². The monoisotopic (exact) mass is 322 g/mol. The number of carbonyl (C=O) groups excluding carboxylic acids is 2. The third-order valence-electron chi connectivity index (χ3n) is 3.67. The molecule has 2 aromatic carbocycles. The quantitative estimate of drug-likeness (QED) is 0.843. The molecule has 0 unspecified atom stereocenters. The SMILES string of the molecule is CC(=O)NC(=Cc1ccccc1C)C(=O)Nc1ccc(C)cc1C. The van der Waals surface area contributed by atoms with E-state index >= 15 is 0 Å². The first-order chi connectivity index (χ1) is 11.4. The minimum Gasteiger partial charge on any atom is -0.322 e. The molecule has 24 heavy (non-hydrogen) atoms. The highest BCUT2D eigenvalue weighted by atomic mass is 16.2. The summed E-state index contributed by atoms with van der Waals surface area (Å²) in [6, 6.07) is 13.5. The van der Waals surface area contributed by atoms with E-state index in [0.29, 0.717) is 0 Å². The van der Waals surface area contributed by atoms with E-state index in [1.165, 1.54) is 6.92 Å². The predicted molar refractivity (Wildman–Crippen MR) is 97.5 cm³/mol. The summed E-state index contributed by atoms with van der Waals surface area (Å²) in [5, 5.41) is 5.48. The molecule has 0 fully saturated rings. The minimum absolute atomic E-state index is 0.219. The van der Waals surface area contributed by atoms with Crippen molar-refractivity contribution >= 4 is 23.6 Å². The Morgan fingerprint density at radius 1 is 0.958 bits per heavy atom. The molecule has 0 atom stereocenters. The Morgan fingerprint density at radius 3 is 2.29 bits per heavy atom.